The van der Waals surface area contributed by atoms with E-state index in [4.69, 9.17) is 9.31 Å². The molecular formula is C44H54B4O2S2. The number of hydrogen-bond donors (Lipinski definition) is 0. The summed E-state index contributed by atoms with van der Waals surface area (Å²) in [6.07, 6.45) is 6.11. The van der Waals surface area contributed by atoms with E-state index in [0.29, 0.717) is 13.4 Å². The summed E-state index contributed by atoms with van der Waals surface area (Å²) in [7, 11) is -0.0648. The van der Waals surface area contributed by atoms with Crippen molar-refractivity contribution in [2.45, 2.75) is 78.8 Å². The van der Waals surface area contributed by atoms with Crippen LogP contribution < -0.4 is 20.5 Å². The van der Waals surface area contributed by atoms with Crippen LogP contribution in [0, 0.1) is 0 Å². The molecule has 0 bridgehead atoms. The fraction of sp³-hybridized carbons (Fsp3) is 0.273. The van der Waals surface area contributed by atoms with Gasteiger partial charge in [0.25, 0.3) is 0 Å². The van der Waals surface area contributed by atoms with E-state index in [-0.39, 0.29) is 18.3 Å². The highest BCUT2D eigenvalue weighted by atomic mass is 32.1. The molecule has 266 valence electrons. The summed E-state index contributed by atoms with van der Waals surface area (Å²) >= 11 is 3.67. The molecule has 0 spiro atoms. The Bertz CT molecular complexity index is 1830. The normalized spacial score (nSPS) is 13.8. The second-order valence-corrected chi connectivity index (χ2v) is 16.6. The summed E-state index contributed by atoms with van der Waals surface area (Å²) in [5.41, 5.74) is 2.42. The van der Waals surface area contributed by atoms with Crippen LogP contribution >= 0.6 is 22.7 Å². The van der Waals surface area contributed by atoms with Crippen molar-refractivity contribution >= 4 is 92.0 Å². The van der Waals surface area contributed by atoms with Gasteiger partial charge in [-0.15, -0.1) is 13.2 Å². The van der Waals surface area contributed by atoms with Crippen LogP contribution in [0.3, 0.4) is 0 Å². The molecule has 0 aliphatic carbocycles. The van der Waals surface area contributed by atoms with Crippen molar-refractivity contribution in [1.29, 1.82) is 0 Å². The first-order valence-corrected chi connectivity index (χ1v) is 20.2. The summed E-state index contributed by atoms with van der Waals surface area (Å²) < 4.78 is 14.0. The van der Waals surface area contributed by atoms with Gasteiger partial charge in [-0.1, -0.05) is 165 Å². The van der Waals surface area contributed by atoms with Crippen LogP contribution in [0.25, 0.3) is 21.5 Å². The molecule has 7 rings (SSSR count). The lowest BCUT2D eigenvalue weighted by Crippen LogP contribution is -2.41. The second kappa shape index (κ2) is 19.5. The fourth-order valence-corrected chi connectivity index (χ4v) is 7.84. The first-order chi connectivity index (χ1) is 24.8. The van der Waals surface area contributed by atoms with Gasteiger partial charge >= 0.3 is 7.12 Å². The zero-order chi connectivity index (χ0) is 37.7. The maximum Gasteiger partial charge on any atom is 0.454 e. The van der Waals surface area contributed by atoms with E-state index in [1.165, 1.54) is 42.0 Å². The SMILES string of the molecule is C=CCB(C)CC=C.CB(c1ccc2ccccc2c1)c1ccc2ccccc2c1.CB(c1cccs1)c1cccs1.CB1OC(C)(C)C(C)(C)O1. The van der Waals surface area contributed by atoms with Crippen LogP contribution in [0.15, 0.2) is 145 Å². The Morgan fingerprint density at radius 3 is 1.31 bits per heavy atom. The number of benzene rings is 4. The predicted molar refractivity (Wildman–Crippen MR) is 242 cm³/mol. The average molecular weight is 722 g/mol. The molecule has 1 aliphatic rings. The molecule has 0 amide bonds. The van der Waals surface area contributed by atoms with Gasteiger partial charge in [-0.3, -0.25) is 0 Å². The van der Waals surface area contributed by atoms with Crippen molar-refractivity contribution in [1.82, 2.24) is 0 Å². The van der Waals surface area contributed by atoms with E-state index < -0.39 is 0 Å². The molecule has 1 fully saturated rings. The van der Waals surface area contributed by atoms with Crippen LogP contribution in [0.5, 0.6) is 0 Å². The molecule has 0 unspecified atom stereocenters. The van der Waals surface area contributed by atoms with Gasteiger partial charge < -0.3 is 9.31 Å². The van der Waals surface area contributed by atoms with E-state index >= 15 is 0 Å². The summed E-state index contributed by atoms with van der Waals surface area (Å²) in [6, 6.07) is 39.3. The van der Waals surface area contributed by atoms with Gasteiger partial charge in [0, 0.05) is 0 Å². The van der Waals surface area contributed by atoms with Gasteiger partial charge in [0.2, 0.25) is 13.4 Å². The third kappa shape index (κ3) is 11.5. The fourth-order valence-electron chi connectivity index (χ4n) is 6.17. The molecule has 1 aliphatic heterocycles. The minimum atomic E-state index is -0.160. The molecule has 3 heterocycles. The Morgan fingerprint density at radius 2 is 0.981 bits per heavy atom. The number of allylic oxidation sites excluding steroid dienone is 2. The van der Waals surface area contributed by atoms with Crippen molar-refractivity contribution in [3.63, 3.8) is 0 Å². The Kier molecular flexibility index (Phi) is 15.5. The van der Waals surface area contributed by atoms with Crippen molar-refractivity contribution < 1.29 is 9.31 Å². The number of fused-ring (bicyclic) bond motifs is 2. The summed E-state index contributed by atoms with van der Waals surface area (Å²) in [4.78, 5) is 0. The summed E-state index contributed by atoms with van der Waals surface area (Å²) in [6.45, 7) is 25.9. The lowest BCUT2D eigenvalue weighted by molar-refractivity contribution is 0.00578. The van der Waals surface area contributed by atoms with Gasteiger partial charge in [-0.2, -0.15) is 22.7 Å². The average Bonchev–Trinajstić information content (AvgIpc) is 3.90. The van der Waals surface area contributed by atoms with Crippen LogP contribution in [0.1, 0.15) is 27.7 Å². The van der Waals surface area contributed by atoms with Gasteiger partial charge in [0.1, 0.15) is 6.71 Å². The van der Waals surface area contributed by atoms with Crippen molar-refractivity contribution in [2.24, 2.45) is 0 Å². The Hall–Kier alpha value is -3.54. The smallest absolute Gasteiger partial charge is 0.403 e. The summed E-state index contributed by atoms with van der Waals surface area (Å²) in [5.74, 6) is 0. The standard InChI is InChI=1S/C21H17B.C9H9BS2.C7H15BO2.C7H13B/c1-22(20-12-10-16-6-2-4-8-18(16)14-20)21-13-11-17-7-3-5-9-19(17)15-21;1-10(8-4-2-6-11-8)9-5-3-7-12-9;1-6(2)7(3,4)10-8(5)9-6;1-4-6-8(3)7-5-2/h2-15H,1H3;2-7H,1H3;1-5H3;4-5H,1-2,6-7H2,3H3. The number of rotatable bonds is 8. The molecule has 0 N–H and O–H groups in total. The highest BCUT2D eigenvalue weighted by molar-refractivity contribution is 7.30. The predicted octanol–water partition coefficient (Wildman–Crippen LogP) is 10.5. The molecule has 0 atom stereocenters. The van der Waals surface area contributed by atoms with Crippen LogP contribution in [0.4, 0.5) is 0 Å². The lowest BCUT2D eigenvalue weighted by atomic mass is 9.42. The lowest BCUT2D eigenvalue weighted by Gasteiger charge is -2.32. The zero-order valence-corrected chi connectivity index (χ0v) is 34.1. The minimum Gasteiger partial charge on any atom is -0.403 e. The van der Waals surface area contributed by atoms with Crippen molar-refractivity contribution in [3.05, 3.63) is 145 Å². The van der Waals surface area contributed by atoms with E-state index in [1.807, 2.05) is 41.6 Å². The number of thiophene rings is 2. The largest absolute Gasteiger partial charge is 0.454 e. The maximum atomic E-state index is 5.54. The van der Waals surface area contributed by atoms with Crippen molar-refractivity contribution in [2.75, 3.05) is 0 Å². The van der Waals surface area contributed by atoms with E-state index in [0.717, 1.165) is 19.4 Å². The van der Waals surface area contributed by atoms with E-state index in [1.54, 1.807) is 0 Å². The maximum absolute atomic E-state index is 5.54. The Labute approximate surface area is 323 Å². The highest BCUT2D eigenvalue weighted by Gasteiger charge is 2.48. The molecule has 8 heteroatoms. The van der Waals surface area contributed by atoms with Gasteiger partial charge in [-0.05, 0) is 76.4 Å². The third-order valence-corrected chi connectivity index (χ3v) is 12.1. The third-order valence-electron chi connectivity index (χ3n) is 10.00. The quantitative estimate of drug-likeness (QED) is 0.115. The van der Waals surface area contributed by atoms with Gasteiger partial charge in [0.05, 0.1) is 11.2 Å². The minimum absolute atomic E-state index is 0.0648. The molecule has 6 aromatic rings. The van der Waals surface area contributed by atoms with Crippen LogP contribution in [0.2, 0.25) is 39.9 Å². The first-order valence-electron chi connectivity index (χ1n) is 18.5. The Balaban J connectivity index is 0.000000171. The molecule has 52 heavy (non-hydrogen) atoms. The molecule has 4 aromatic carbocycles. The van der Waals surface area contributed by atoms with Crippen molar-refractivity contribution in [3.8, 4) is 0 Å². The van der Waals surface area contributed by atoms with Gasteiger partial charge in [-0.25, -0.2) is 0 Å². The molecule has 1 saturated heterocycles. The molecular weight excluding hydrogens is 668 g/mol. The van der Waals surface area contributed by atoms with Crippen LogP contribution in [-0.2, 0) is 9.31 Å². The molecule has 2 nitrogen and oxygen atoms in total. The summed E-state index contributed by atoms with van der Waals surface area (Å²) in [5, 5.41) is 9.51. The first kappa shape index (κ1) is 41.2. The number of hydrogen-bond acceptors (Lipinski definition) is 4. The van der Waals surface area contributed by atoms with E-state index in [9.17, 15) is 0 Å². The highest BCUT2D eigenvalue weighted by Crippen LogP contribution is 2.36. The van der Waals surface area contributed by atoms with Gasteiger partial charge in [0.15, 0.2) is 0 Å². The second-order valence-electron chi connectivity index (χ2n) is 14.7. The molecule has 0 radical (unpaired) electrons. The zero-order valence-electron chi connectivity index (χ0n) is 32.5. The monoisotopic (exact) mass is 722 g/mol. The molecule has 2 aromatic heterocycles. The topological polar surface area (TPSA) is 18.5 Å². The molecule has 0 saturated carbocycles. The van der Waals surface area contributed by atoms with E-state index in [2.05, 4.69) is 181 Å². The van der Waals surface area contributed by atoms with Crippen LogP contribution in [-0.4, -0.2) is 38.5 Å². The Morgan fingerprint density at radius 1 is 0.577 bits per heavy atom.